The van der Waals surface area contributed by atoms with Gasteiger partial charge in [0.05, 0.1) is 5.60 Å². The third-order valence-corrected chi connectivity index (χ3v) is 3.41. The van der Waals surface area contributed by atoms with Crippen molar-refractivity contribution in [2.24, 2.45) is 11.8 Å². The summed E-state index contributed by atoms with van der Waals surface area (Å²) in [4.78, 5) is 0. The lowest BCUT2D eigenvalue weighted by atomic mass is 9.79. The molecule has 3 heteroatoms. The molecule has 0 fully saturated rings. The van der Waals surface area contributed by atoms with Crippen LogP contribution < -0.4 is 0 Å². The molecule has 0 unspecified atom stereocenters. The zero-order valence-electron chi connectivity index (χ0n) is 11.5. The Kier molecular flexibility index (Phi) is 5.35. The molecule has 0 amide bonds. The van der Waals surface area contributed by atoms with Gasteiger partial charge in [0.2, 0.25) is 0 Å². The number of hydrogen-bond acceptors (Lipinski definition) is 1. The molecule has 102 valence electrons. The monoisotopic (exact) mass is 316 g/mol. The average Bonchev–Trinajstić information content (AvgIpc) is 2.19. The van der Waals surface area contributed by atoms with E-state index in [1.807, 2.05) is 27.7 Å². The van der Waals surface area contributed by atoms with E-state index in [0.29, 0.717) is 30.2 Å². The molecule has 0 saturated carbocycles. The summed E-state index contributed by atoms with van der Waals surface area (Å²) >= 11 is 3.34. The zero-order chi connectivity index (χ0) is 13.9. The molecule has 0 aromatic heterocycles. The molecule has 0 aliphatic heterocycles. The second kappa shape index (κ2) is 6.16. The molecule has 1 rings (SSSR count). The van der Waals surface area contributed by atoms with Crippen molar-refractivity contribution < 1.29 is 9.50 Å². The summed E-state index contributed by atoms with van der Waals surface area (Å²) in [5, 5.41) is 10.9. The van der Waals surface area contributed by atoms with Gasteiger partial charge in [-0.25, -0.2) is 4.39 Å². The molecule has 0 aliphatic carbocycles. The molecule has 1 nitrogen and oxygen atoms in total. The Morgan fingerprint density at radius 2 is 1.67 bits per heavy atom. The van der Waals surface area contributed by atoms with Gasteiger partial charge in [-0.2, -0.15) is 0 Å². The molecule has 0 radical (unpaired) electrons. The minimum atomic E-state index is -1.09. The average molecular weight is 317 g/mol. The number of rotatable bonds is 5. The van der Waals surface area contributed by atoms with Gasteiger partial charge in [0.1, 0.15) is 5.82 Å². The largest absolute Gasteiger partial charge is 0.385 e. The van der Waals surface area contributed by atoms with E-state index in [1.54, 1.807) is 12.1 Å². The van der Waals surface area contributed by atoms with Crippen LogP contribution in [0.4, 0.5) is 4.39 Å². The van der Waals surface area contributed by atoms with Crippen LogP contribution in [-0.4, -0.2) is 5.11 Å². The Balaban J connectivity index is 3.19. The summed E-state index contributed by atoms with van der Waals surface area (Å²) in [6, 6.07) is 4.76. The predicted molar refractivity (Wildman–Crippen MR) is 76.9 cm³/mol. The van der Waals surface area contributed by atoms with Crippen LogP contribution in [0.5, 0.6) is 0 Å². The fourth-order valence-corrected chi connectivity index (χ4v) is 2.87. The summed E-state index contributed by atoms with van der Waals surface area (Å²) < 4.78 is 14.8. The van der Waals surface area contributed by atoms with E-state index in [2.05, 4.69) is 15.9 Å². The Hall–Kier alpha value is -0.410. The Labute approximate surface area is 118 Å². The first-order valence-electron chi connectivity index (χ1n) is 6.42. The maximum absolute atomic E-state index is 14.0. The third-order valence-electron chi connectivity index (χ3n) is 2.92. The van der Waals surface area contributed by atoms with Gasteiger partial charge in [0.15, 0.2) is 0 Å². The number of aliphatic hydroxyl groups is 1. The highest BCUT2D eigenvalue weighted by atomic mass is 79.9. The molecular weight excluding hydrogens is 295 g/mol. The first-order chi connectivity index (χ1) is 8.24. The van der Waals surface area contributed by atoms with Crippen LogP contribution in [0.3, 0.4) is 0 Å². The molecule has 0 saturated heterocycles. The van der Waals surface area contributed by atoms with Gasteiger partial charge < -0.3 is 5.11 Å². The van der Waals surface area contributed by atoms with Crippen molar-refractivity contribution in [3.63, 3.8) is 0 Å². The van der Waals surface area contributed by atoms with Gasteiger partial charge in [0, 0.05) is 10.0 Å². The van der Waals surface area contributed by atoms with Crippen molar-refractivity contribution in [2.75, 3.05) is 0 Å². The lowest BCUT2D eigenvalue weighted by Gasteiger charge is -2.32. The molecule has 0 spiro atoms. The van der Waals surface area contributed by atoms with Crippen molar-refractivity contribution in [2.45, 2.75) is 46.1 Å². The second-order valence-corrected chi connectivity index (χ2v) is 6.77. The lowest BCUT2D eigenvalue weighted by Crippen LogP contribution is -2.30. The summed E-state index contributed by atoms with van der Waals surface area (Å²) in [6.07, 6.45) is 1.14. The van der Waals surface area contributed by atoms with Crippen molar-refractivity contribution in [3.8, 4) is 0 Å². The fourth-order valence-electron chi connectivity index (χ4n) is 2.51. The van der Waals surface area contributed by atoms with E-state index < -0.39 is 5.60 Å². The van der Waals surface area contributed by atoms with Crippen molar-refractivity contribution in [3.05, 3.63) is 34.1 Å². The number of hydrogen-bond donors (Lipinski definition) is 1. The first-order valence-corrected chi connectivity index (χ1v) is 7.22. The molecule has 0 bridgehead atoms. The second-order valence-electron chi connectivity index (χ2n) is 5.85. The molecule has 1 aromatic rings. The van der Waals surface area contributed by atoms with Crippen LogP contribution in [0.15, 0.2) is 22.7 Å². The Morgan fingerprint density at radius 3 is 2.11 bits per heavy atom. The molecule has 0 aliphatic rings. The van der Waals surface area contributed by atoms with Gasteiger partial charge in [-0.05, 0) is 42.9 Å². The molecule has 18 heavy (non-hydrogen) atoms. The first kappa shape index (κ1) is 15.6. The van der Waals surface area contributed by atoms with Crippen LogP contribution in [0.1, 0.15) is 46.1 Å². The minimum Gasteiger partial charge on any atom is -0.385 e. The van der Waals surface area contributed by atoms with Crippen molar-refractivity contribution in [1.29, 1.82) is 0 Å². The fraction of sp³-hybridized carbons (Fsp3) is 0.600. The normalized spacial score (nSPS) is 12.5. The Bertz CT molecular complexity index is 391. The lowest BCUT2D eigenvalue weighted by molar-refractivity contribution is -0.00759. The summed E-state index contributed by atoms with van der Waals surface area (Å²) in [7, 11) is 0. The van der Waals surface area contributed by atoms with Gasteiger partial charge in [-0.15, -0.1) is 0 Å². The maximum Gasteiger partial charge on any atom is 0.129 e. The summed E-state index contributed by atoms with van der Waals surface area (Å²) in [5.74, 6) is 0.293. The number of halogens is 2. The summed E-state index contributed by atoms with van der Waals surface area (Å²) in [5.41, 5.74) is -0.685. The van der Waals surface area contributed by atoms with Crippen LogP contribution in [0.25, 0.3) is 0 Å². The van der Waals surface area contributed by atoms with Gasteiger partial charge in [0.25, 0.3) is 0 Å². The Morgan fingerprint density at radius 1 is 1.17 bits per heavy atom. The van der Waals surface area contributed by atoms with Crippen LogP contribution in [-0.2, 0) is 5.60 Å². The van der Waals surface area contributed by atoms with Crippen LogP contribution in [0, 0.1) is 17.7 Å². The van der Waals surface area contributed by atoms with E-state index in [1.165, 1.54) is 6.07 Å². The molecule has 1 N–H and O–H groups in total. The number of benzene rings is 1. The topological polar surface area (TPSA) is 20.2 Å². The smallest absolute Gasteiger partial charge is 0.129 e. The van der Waals surface area contributed by atoms with Gasteiger partial charge in [-0.1, -0.05) is 43.6 Å². The third kappa shape index (κ3) is 4.06. The highest BCUT2D eigenvalue weighted by molar-refractivity contribution is 9.10. The van der Waals surface area contributed by atoms with E-state index in [9.17, 15) is 9.50 Å². The molecule has 0 atom stereocenters. The molecule has 1 aromatic carbocycles. The SMILES string of the molecule is CC(C)CC(O)(CC(C)C)c1cc(Br)ccc1F. The van der Waals surface area contributed by atoms with Crippen molar-refractivity contribution in [1.82, 2.24) is 0 Å². The van der Waals surface area contributed by atoms with E-state index in [0.717, 1.165) is 4.47 Å². The van der Waals surface area contributed by atoms with Crippen LogP contribution >= 0.6 is 15.9 Å². The summed E-state index contributed by atoms with van der Waals surface area (Å²) in [6.45, 7) is 8.17. The van der Waals surface area contributed by atoms with E-state index in [-0.39, 0.29) is 5.82 Å². The molecular formula is C15H22BrFO. The van der Waals surface area contributed by atoms with Crippen LogP contribution in [0.2, 0.25) is 0 Å². The standard InChI is InChI=1S/C15H22BrFO/c1-10(2)8-15(18,9-11(3)4)13-7-12(16)5-6-14(13)17/h5-7,10-11,18H,8-9H2,1-4H3. The van der Waals surface area contributed by atoms with E-state index >= 15 is 0 Å². The maximum atomic E-state index is 14.0. The quantitative estimate of drug-likeness (QED) is 0.821. The van der Waals surface area contributed by atoms with Crippen molar-refractivity contribution >= 4 is 15.9 Å². The molecule has 0 heterocycles. The minimum absolute atomic E-state index is 0.312. The van der Waals surface area contributed by atoms with Gasteiger partial charge in [-0.3, -0.25) is 0 Å². The van der Waals surface area contributed by atoms with E-state index in [4.69, 9.17) is 0 Å². The van der Waals surface area contributed by atoms with Gasteiger partial charge >= 0.3 is 0 Å². The predicted octanol–water partition coefficient (Wildman–Crippen LogP) is 4.87. The highest BCUT2D eigenvalue weighted by Crippen LogP contribution is 2.37. The highest BCUT2D eigenvalue weighted by Gasteiger charge is 2.33. The zero-order valence-corrected chi connectivity index (χ0v) is 13.1.